The zero-order valence-electron chi connectivity index (χ0n) is 8.58. The van der Waals surface area contributed by atoms with Crippen LogP contribution in [0.2, 0.25) is 0 Å². The van der Waals surface area contributed by atoms with Crippen LogP contribution in [0.4, 0.5) is 8.78 Å². The molecule has 3 rings (SSSR count). The SMILES string of the molecule is FC1(F)CCc2nc3ncccc3cc2C1. The predicted octanol–water partition coefficient (Wildman–Crippen LogP) is 2.75. The number of aromatic nitrogens is 2. The van der Waals surface area contributed by atoms with Gasteiger partial charge in [-0.05, 0) is 30.2 Å². The first-order chi connectivity index (χ1) is 7.64. The Morgan fingerprint density at radius 3 is 3.06 bits per heavy atom. The van der Waals surface area contributed by atoms with Gasteiger partial charge < -0.3 is 0 Å². The smallest absolute Gasteiger partial charge is 0.237 e. The van der Waals surface area contributed by atoms with E-state index in [1.54, 1.807) is 18.3 Å². The second-order valence-electron chi connectivity index (χ2n) is 4.18. The fraction of sp³-hybridized carbons (Fsp3) is 0.333. The van der Waals surface area contributed by atoms with Crippen LogP contribution in [-0.2, 0) is 12.8 Å². The van der Waals surface area contributed by atoms with Crippen LogP contribution in [0.3, 0.4) is 0 Å². The maximum absolute atomic E-state index is 13.2. The molecule has 0 amide bonds. The standard InChI is InChI=1S/C12H10F2N2/c13-12(14)4-3-10-9(7-12)6-8-2-1-5-15-11(8)16-10/h1-2,5-6H,3-4,7H2. The molecule has 0 saturated carbocycles. The van der Waals surface area contributed by atoms with Gasteiger partial charge in [0.25, 0.3) is 5.92 Å². The second-order valence-corrected chi connectivity index (χ2v) is 4.18. The van der Waals surface area contributed by atoms with Gasteiger partial charge in [-0.2, -0.15) is 0 Å². The molecule has 1 aliphatic carbocycles. The predicted molar refractivity (Wildman–Crippen MR) is 56.5 cm³/mol. The van der Waals surface area contributed by atoms with E-state index >= 15 is 0 Å². The van der Waals surface area contributed by atoms with E-state index in [0.717, 1.165) is 11.1 Å². The third kappa shape index (κ3) is 1.54. The maximum atomic E-state index is 13.2. The van der Waals surface area contributed by atoms with Gasteiger partial charge in [0.15, 0.2) is 5.65 Å². The molecule has 0 spiro atoms. The van der Waals surface area contributed by atoms with E-state index < -0.39 is 5.92 Å². The molecule has 2 heterocycles. The average molecular weight is 220 g/mol. The molecule has 0 unspecified atom stereocenters. The third-order valence-electron chi connectivity index (χ3n) is 2.93. The van der Waals surface area contributed by atoms with E-state index in [1.165, 1.54) is 0 Å². The minimum absolute atomic E-state index is 0.106. The molecule has 0 radical (unpaired) electrons. The van der Waals surface area contributed by atoms with E-state index in [9.17, 15) is 8.78 Å². The number of halogens is 2. The van der Waals surface area contributed by atoms with E-state index in [0.29, 0.717) is 17.6 Å². The molecular weight excluding hydrogens is 210 g/mol. The van der Waals surface area contributed by atoms with Crippen molar-refractivity contribution >= 4 is 11.0 Å². The summed E-state index contributed by atoms with van der Waals surface area (Å²) >= 11 is 0. The number of rotatable bonds is 0. The number of alkyl halides is 2. The first kappa shape index (κ1) is 9.63. The quantitative estimate of drug-likeness (QED) is 0.682. The third-order valence-corrected chi connectivity index (χ3v) is 2.93. The van der Waals surface area contributed by atoms with Crippen molar-refractivity contribution in [3.05, 3.63) is 35.7 Å². The first-order valence-corrected chi connectivity index (χ1v) is 5.25. The Bertz CT molecular complexity index is 552. The molecule has 0 atom stereocenters. The van der Waals surface area contributed by atoms with Gasteiger partial charge in [0.1, 0.15) is 0 Å². The molecule has 0 fully saturated rings. The Hall–Kier alpha value is -1.58. The number of hydrogen-bond acceptors (Lipinski definition) is 2. The lowest BCUT2D eigenvalue weighted by molar-refractivity contribution is -0.0127. The highest BCUT2D eigenvalue weighted by Crippen LogP contribution is 2.33. The fourth-order valence-corrected chi connectivity index (χ4v) is 2.12. The monoisotopic (exact) mass is 220 g/mol. The molecule has 2 aromatic rings. The lowest BCUT2D eigenvalue weighted by Gasteiger charge is -2.23. The average Bonchev–Trinajstić information content (AvgIpc) is 2.25. The van der Waals surface area contributed by atoms with Gasteiger partial charge in [-0.1, -0.05) is 0 Å². The number of hydrogen-bond donors (Lipinski definition) is 0. The summed E-state index contributed by atoms with van der Waals surface area (Å²) in [5.41, 5.74) is 2.08. The van der Waals surface area contributed by atoms with E-state index in [4.69, 9.17) is 0 Å². The van der Waals surface area contributed by atoms with Crippen molar-refractivity contribution in [1.29, 1.82) is 0 Å². The Labute approximate surface area is 91.3 Å². The normalized spacial score (nSPS) is 18.4. The van der Waals surface area contributed by atoms with Crippen molar-refractivity contribution in [2.24, 2.45) is 0 Å². The summed E-state index contributed by atoms with van der Waals surface area (Å²) in [6, 6.07) is 5.43. The minimum atomic E-state index is -2.58. The summed E-state index contributed by atoms with van der Waals surface area (Å²) in [5, 5.41) is 0.832. The molecule has 0 N–H and O–H groups in total. The van der Waals surface area contributed by atoms with E-state index in [2.05, 4.69) is 9.97 Å². The van der Waals surface area contributed by atoms with Crippen LogP contribution >= 0.6 is 0 Å². The first-order valence-electron chi connectivity index (χ1n) is 5.25. The van der Waals surface area contributed by atoms with Crippen molar-refractivity contribution in [2.45, 2.75) is 25.2 Å². The highest BCUT2D eigenvalue weighted by molar-refractivity contribution is 5.75. The van der Waals surface area contributed by atoms with Crippen LogP contribution in [-0.4, -0.2) is 15.9 Å². The van der Waals surface area contributed by atoms with Crippen LogP contribution in [0.5, 0.6) is 0 Å². The highest BCUT2D eigenvalue weighted by atomic mass is 19.3. The van der Waals surface area contributed by atoms with Crippen molar-refractivity contribution in [3.8, 4) is 0 Å². The van der Waals surface area contributed by atoms with Crippen LogP contribution in [0.25, 0.3) is 11.0 Å². The lowest BCUT2D eigenvalue weighted by Crippen LogP contribution is -2.26. The van der Waals surface area contributed by atoms with Crippen molar-refractivity contribution in [3.63, 3.8) is 0 Å². The number of fused-ring (bicyclic) bond motifs is 2. The van der Waals surface area contributed by atoms with Gasteiger partial charge >= 0.3 is 0 Å². The topological polar surface area (TPSA) is 25.8 Å². The molecule has 0 saturated heterocycles. The largest absolute Gasteiger partial charge is 0.252 e. The summed E-state index contributed by atoms with van der Waals surface area (Å²) in [6.45, 7) is 0. The molecule has 4 heteroatoms. The summed E-state index contributed by atoms with van der Waals surface area (Å²) in [7, 11) is 0. The van der Waals surface area contributed by atoms with Crippen molar-refractivity contribution in [2.75, 3.05) is 0 Å². The molecule has 1 aliphatic rings. The van der Waals surface area contributed by atoms with Crippen LogP contribution in [0.15, 0.2) is 24.4 Å². The van der Waals surface area contributed by atoms with Crippen molar-refractivity contribution < 1.29 is 8.78 Å². The Morgan fingerprint density at radius 1 is 1.31 bits per heavy atom. The fourth-order valence-electron chi connectivity index (χ4n) is 2.12. The van der Waals surface area contributed by atoms with Crippen molar-refractivity contribution in [1.82, 2.24) is 9.97 Å². The van der Waals surface area contributed by atoms with E-state index in [1.807, 2.05) is 6.07 Å². The minimum Gasteiger partial charge on any atom is -0.237 e. The van der Waals surface area contributed by atoms with Gasteiger partial charge in [0.05, 0.1) is 0 Å². The highest BCUT2D eigenvalue weighted by Gasteiger charge is 2.34. The van der Waals surface area contributed by atoms with Gasteiger partial charge in [-0.15, -0.1) is 0 Å². The summed E-state index contributed by atoms with van der Waals surface area (Å²) < 4.78 is 26.5. The van der Waals surface area contributed by atoms with E-state index in [-0.39, 0.29) is 12.8 Å². The van der Waals surface area contributed by atoms with Gasteiger partial charge in [-0.25, -0.2) is 18.7 Å². The molecule has 0 aliphatic heterocycles. The molecule has 2 aromatic heterocycles. The van der Waals surface area contributed by atoms with Crippen LogP contribution < -0.4 is 0 Å². The molecule has 2 nitrogen and oxygen atoms in total. The van der Waals surface area contributed by atoms with Gasteiger partial charge in [0, 0.05) is 30.1 Å². The number of aryl methyl sites for hydroxylation is 1. The van der Waals surface area contributed by atoms with Crippen LogP contribution in [0.1, 0.15) is 17.7 Å². The Kier molecular flexibility index (Phi) is 1.93. The Balaban J connectivity index is 2.17. The second kappa shape index (κ2) is 3.20. The zero-order valence-corrected chi connectivity index (χ0v) is 8.58. The number of pyridine rings is 2. The molecule has 82 valence electrons. The van der Waals surface area contributed by atoms with Gasteiger partial charge in [-0.3, -0.25) is 0 Å². The number of nitrogens with zero attached hydrogens (tertiary/aromatic N) is 2. The maximum Gasteiger partial charge on any atom is 0.252 e. The summed E-state index contributed by atoms with van der Waals surface area (Å²) in [6.07, 6.45) is 1.71. The Morgan fingerprint density at radius 2 is 2.19 bits per heavy atom. The molecular formula is C12H10F2N2. The molecule has 16 heavy (non-hydrogen) atoms. The van der Waals surface area contributed by atoms with Crippen LogP contribution in [0, 0.1) is 0 Å². The zero-order chi connectivity index (χ0) is 11.2. The lowest BCUT2D eigenvalue weighted by atomic mass is 9.92. The summed E-state index contributed by atoms with van der Waals surface area (Å²) in [4.78, 5) is 8.46. The molecule has 0 aromatic carbocycles. The summed E-state index contributed by atoms with van der Waals surface area (Å²) in [5.74, 6) is -2.58. The molecule has 0 bridgehead atoms. The van der Waals surface area contributed by atoms with Gasteiger partial charge in [0.2, 0.25) is 0 Å².